The molecular formula is C55H40N2. The summed E-state index contributed by atoms with van der Waals surface area (Å²) in [6.45, 7) is 7.10. The lowest BCUT2D eigenvalue weighted by molar-refractivity contribution is 0.661. The first-order chi connectivity index (χ1) is 27.9. The lowest BCUT2D eigenvalue weighted by Crippen LogP contribution is -2.22. The van der Waals surface area contributed by atoms with E-state index in [1.807, 2.05) is 6.07 Å². The van der Waals surface area contributed by atoms with E-state index in [2.05, 4.69) is 203 Å². The van der Waals surface area contributed by atoms with E-state index in [4.69, 9.17) is 9.97 Å². The summed E-state index contributed by atoms with van der Waals surface area (Å²) < 4.78 is 0. The van der Waals surface area contributed by atoms with Crippen molar-refractivity contribution >= 4 is 10.8 Å². The highest BCUT2D eigenvalue weighted by molar-refractivity contribution is 6.01. The summed E-state index contributed by atoms with van der Waals surface area (Å²) in [5.41, 5.74) is 18.7. The molecule has 11 rings (SSSR count). The molecule has 2 nitrogen and oxygen atoms in total. The van der Waals surface area contributed by atoms with E-state index in [0.717, 1.165) is 33.6 Å². The third kappa shape index (κ3) is 4.97. The van der Waals surface area contributed by atoms with Gasteiger partial charge in [0.2, 0.25) is 0 Å². The fourth-order valence-electron chi connectivity index (χ4n) is 9.92. The van der Waals surface area contributed by atoms with Crippen molar-refractivity contribution in [2.45, 2.75) is 31.6 Å². The van der Waals surface area contributed by atoms with E-state index in [1.165, 1.54) is 66.4 Å². The fraction of sp³-hybridized carbons (Fsp3) is 0.0909. The molecule has 0 saturated carbocycles. The number of fused-ring (bicyclic) bond motifs is 7. The highest BCUT2D eigenvalue weighted by Crippen LogP contribution is 2.56. The first-order valence-corrected chi connectivity index (χ1v) is 19.9. The zero-order valence-corrected chi connectivity index (χ0v) is 32.3. The Balaban J connectivity index is 1.15. The number of benzene rings is 8. The van der Waals surface area contributed by atoms with Gasteiger partial charge in [0, 0.05) is 27.5 Å². The molecule has 9 aromatic rings. The summed E-state index contributed by atoms with van der Waals surface area (Å²) in [6.07, 6.45) is 0. The number of aromatic nitrogens is 2. The standard InChI is InChI=1S/C55H40N2/c1-54(2)46-30-16-27-41(51(46)44-32-36-20-10-11-21-37(36)33-48(44)54)39-24-12-13-25-40(39)49-34-50(57-53(56-49)35-18-6-4-7-19-35)43-28-17-31-47-52(43)42-26-14-15-29-45(42)55(47,3)38-22-8-5-9-23-38/h4-34H,1-3H3. The predicted octanol–water partition coefficient (Wildman–Crippen LogP) is 13.9. The van der Waals surface area contributed by atoms with Crippen LogP contribution >= 0.6 is 0 Å². The quantitative estimate of drug-likeness (QED) is 0.176. The van der Waals surface area contributed by atoms with E-state index in [9.17, 15) is 0 Å². The van der Waals surface area contributed by atoms with Crippen molar-refractivity contribution in [2.75, 3.05) is 0 Å². The molecule has 1 atom stereocenters. The molecular weight excluding hydrogens is 689 g/mol. The van der Waals surface area contributed by atoms with Gasteiger partial charge >= 0.3 is 0 Å². The second-order valence-electron chi connectivity index (χ2n) is 16.2. The first kappa shape index (κ1) is 33.4. The van der Waals surface area contributed by atoms with Gasteiger partial charge in [-0.3, -0.25) is 0 Å². The van der Waals surface area contributed by atoms with E-state index < -0.39 is 0 Å². The molecule has 0 amide bonds. The third-order valence-electron chi connectivity index (χ3n) is 12.8. The van der Waals surface area contributed by atoms with Crippen LogP contribution in [-0.2, 0) is 10.8 Å². The van der Waals surface area contributed by atoms with Crippen molar-refractivity contribution in [1.82, 2.24) is 9.97 Å². The van der Waals surface area contributed by atoms with Crippen molar-refractivity contribution < 1.29 is 0 Å². The van der Waals surface area contributed by atoms with Crippen LogP contribution in [-0.4, -0.2) is 9.97 Å². The molecule has 2 aliphatic rings. The van der Waals surface area contributed by atoms with Crippen LogP contribution in [0.15, 0.2) is 188 Å². The minimum atomic E-state index is -0.309. The maximum atomic E-state index is 5.40. The van der Waals surface area contributed by atoms with E-state index in [1.54, 1.807) is 0 Å². The van der Waals surface area contributed by atoms with Crippen LogP contribution in [0.25, 0.3) is 78.1 Å². The Morgan fingerprint density at radius 3 is 1.63 bits per heavy atom. The molecule has 0 N–H and O–H groups in total. The number of hydrogen-bond acceptors (Lipinski definition) is 2. The minimum Gasteiger partial charge on any atom is -0.228 e. The van der Waals surface area contributed by atoms with Crippen LogP contribution < -0.4 is 0 Å². The monoisotopic (exact) mass is 728 g/mol. The van der Waals surface area contributed by atoms with Crippen LogP contribution in [0.5, 0.6) is 0 Å². The van der Waals surface area contributed by atoms with Crippen LogP contribution in [0, 0.1) is 0 Å². The van der Waals surface area contributed by atoms with Crippen LogP contribution in [0.1, 0.15) is 48.6 Å². The van der Waals surface area contributed by atoms with E-state index in [-0.39, 0.29) is 10.8 Å². The van der Waals surface area contributed by atoms with Crippen molar-refractivity contribution in [2.24, 2.45) is 0 Å². The molecule has 2 aliphatic carbocycles. The molecule has 0 aliphatic heterocycles. The van der Waals surface area contributed by atoms with Gasteiger partial charge in [-0.2, -0.15) is 0 Å². The van der Waals surface area contributed by atoms with Crippen LogP contribution in [0.3, 0.4) is 0 Å². The van der Waals surface area contributed by atoms with Crippen LogP contribution in [0.4, 0.5) is 0 Å². The Morgan fingerprint density at radius 2 is 0.877 bits per heavy atom. The lowest BCUT2D eigenvalue weighted by atomic mass is 9.74. The molecule has 2 heteroatoms. The number of hydrogen-bond donors (Lipinski definition) is 0. The number of nitrogens with zero attached hydrogens (tertiary/aromatic N) is 2. The van der Waals surface area contributed by atoms with Gasteiger partial charge in [-0.15, -0.1) is 0 Å². The van der Waals surface area contributed by atoms with Crippen molar-refractivity contribution in [1.29, 1.82) is 0 Å². The average Bonchev–Trinajstić information content (AvgIpc) is 3.67. The Bertz CT molecular complexity index is 3050. The molecule has 0 bridgehead atoms. The molecule has 1 heterocycles. The average molecular weight is 729 g/mol. The molecule has 1 unspecified atom stereocenters. The molecule has 270 valence electrons. The van der Waals surface area contributed by atoms with Gasteiger partial charge in [-0.25, -0.2) is 9.97 Å². The molecule has 57 heavy (non-hydrogen) atoms. The Morgan fingerprint density at radius 1 is 0.351 bits per heavy atom. The van der Waals surface area contributed by atoms with Crippen molar-refractivity contribution in [3.05, 3.63) is 216 Å². The lowest BCUT2D eigenvalue weighted by Gasteiger charge is -2.28. The summed E-state index contributed by atoms with van der Waals surface area (Å²) in [7, 11) is 0. The van der Waals surface area contributed by atoms with Gasteiger partial charge in [0.25, 0.3) is 0 Å². The SMILES string of the molecule is CC1(C)c2cc3ccccc3cc2-c2c(-c3ccccc3-c3cc(-c4cccc5c4-c4ccccc4C5(C)c4ccccc4)nc(-c4ccccc4)n3)cccc21. The molecule has 0 saturated heterocycles. The van der Waals surface area contributed by atoms with Gasteiger partial charge < -0.3 is 0 Å². The predicted molar refractivity (Wildman–Crippen MR) is 236 cm³/mol. The normalized spacial score (nSPS) is 15.8. The van der Waals surface area contributed by atoms with Gasteiger partial charge in [0.1, 0.15) is 0 Å². The second kappa shape index (κ2) is 12.6. The molecule has 0 radical (unpaired) electrons. The Labute approximate surface area is 334 Å². The topological polar surface area (TPSA) is 25.8 Å². The second-order valence-corrected chi connectivity index (χ2v) is 16.2. The highest BCUT2D eigenvalue weighted by atomic mass is 14.9. The maximum absolute atomic E-state index is 5.40. The molecule has 0 spiro atoms. The van der Waals surface area contributed by atoms with E-state index in [0.29, 0.717) is 5.82 Å². The maximum Gasteiger partial charge on any atom is 0.160 e. The van der Waals surface area contributed by atoms with Gasteiger partial charge in [-0.05, 0) is 97.1 Å². The van der Waals surface area contributed by atoms with E-state index >= 15 is 0 Å². The summed E-state index contributed by atoms with van der Waals surface area (Å²) in [5, 5.41) is 2.54. The van der Waals surface area contributed by atoms with Crippen molar-refractivity contribution in [3.63, 3.8) is 0 Å². The molecule has 1 aromatic heterocycles. The zero-order chi connectivity index (χ0) is 38.3. The Kier molecular flexibility index (Phi) is 7.37. The molecule has 8 aromatic carbocycles. The number of rotatable bonds is 5. The van der Waals surface area contributed by atoms with Crippen LogP contribution in [0.2, 0.25) is 0 Å². The van der Waals surface area contributed by atoms with Gasteiger partial charge in [0.05, 0.1) is 11.4 Å². The summed E-state index contributed by atoms with van der Waals surface area (Å²) in [4.78, 5) is 10.8. The molecule has 0 fully saturated rings. The first-order valence-electron chi connectivity index (χ1n) is 19.9. The Hall–Kier alpha value is -6.90. The fourth-order valence-corrected chi connectivity index (χ4v) is 9.92. The smallest absolute Gasteiger partial charge is 0.160 e. The summed E-state index contributed by atoms with van der Waals surface area (Å²) in [6, 6.07) is 68.4. The van der Waals surface area contributed by atoms with Gasteiger partial charge in [-0.1, -0.05) is 184 Å². The summed E-state index contributed by atoms with van der Waals surface area (Å²) in [5.74, 6) is 0.712. The minimum absolute atomic E-state index is 0.138. The summed E-state index contributed by atoms with van der Waals surface area (Å²) >= 11 is 0. The largest absolute Gasteiger partial charge is 0.228 e. The zero-order valence-electron chi connectivity index (χ0n) is 32.3. The third-order valence-corrected chi connectivity index (χ3v) is 12.8. The van der Waals surface area contributed by atoms with Crippen molar-refractivity contribution in [3.8, 4) is 67.3 Å². The highest BCUT2D eigenvalue weighted by Gasteiger charge is 2.42. The van der Waals surface area contributed by atoms with Gasteiger partial charge in [0.15, 0.2) is 5.82 Å².